The van der Waals surface area contributed by atoms with Gasteiger partial charge in [0, 0.05) is 17.4 Å². The van der Waals surface area contributed by atoms with Crippen LogP contribution in [0.4, 0.5) is 5.69 Å². The highest BCUT2D eigenvalue weighted by Gasteiger charge is 2.11. The number of rotatable bonds is 5. The van der Waals surface area contributed by atoms with Gasteiger partial charge in [0.1, 0.15) is 0 Å². The van der Waals surface area contributed by atoms with Gasteiger partial charge in [0.05, 0.1) is 14.7 Å². The number of halogens is 1. The molecule has 0 fully saturated rings. The first-order valence-electron chi connectivity index (χ1n) is 6.53. The van der Waals surface area contributed by atoms with Crippen molar-refractivity contribution < 1.29 is 4.92 Å². The lowest BCUT2D eigenvalue weighted by atomic mass is 10.2. The van der Waals surface area contributed by atoms with E-state index in [1.165, 1.54) is 24.0 Å². The molecule has 0 spiro atoms. The number of benzene rings is 2. The van der Waals surface area contributed by atoms with Crippen LogP contribution in [0.1, 0.15) is 11.1 Å². The van der Waals surface area contributed by atoms with Crippen LogP contribution >= 0.6 is 34.4 Å². The monoisotopic (exact) mass is 440 g/mol. The van der Waals surface area contributed by atoms with E-state index in [4.69, 9.17) is 5.73 Å². The molecular weight excluding hydrogens is 427 g/mol. The first-order chi connectivity index (χ1) is 11.1. The van der Waals surface area contributed by atoms with E-state index in [0.29, 0.717) is 20.1 Å². The van der Waals surface area contributed by atoms with Crippen molar-refractivity contribution in [2.24, 2.45) is 15.9 Å². The van der Waals surface area contributed by atoms with Crippen molar-refractivity contribution in [3.05, 3.63) is 73.3 Å². The lowest BCUT2D eigenvalue weighted by Crippen LogP contribution is -2.06. The SMILES string of the molecule is NC(=NN=Cc1ccc(I)c([N+](=O)[O-])c1)SCc1ccccc1. The van der Waals surface area contributed by atoms with E-state index in [9.17, 15) is 10.1 Å². The standard InChI is InChI=1S/C15H13IN4O2S/c16-13-7-6-12(8-14(13)20(21)22)9-18-19-15(17)23-10-11-4-2-1-3-5-11/h1-9H,10H2,(H2,17,19). The molecule has 118 valence electrons. The van der Waals surface area contributed by atoms with E-state index in [2.05, 4.69) is 10.2 Å². The van der Waals surface area contributed by atoms with Crippen molar-refractivity contribution >= 4 is 51.4 Å². The lowest BCUT2D eigenvalue weighted by Gasteiger charge is -1.99. The van der Waals surface area contributed by atoms with Gasteiger partial charge in [-0.05, 0) is 34.2 Å². The maximum Gasteiger partial charge on any atom is 0.283 e. The number of nitrogens with two attached hydrogens (primary N) is 1. The van der Waals surface area contributed by atoms with Gasteiger partial charge in [0.15, 0.2) is 5.17 Å². The van der Waals surface area contributed by atoms with Crippen LogP contribution in [-0.4, -0.2) is 16.3 Å². The van der Waals surface area contributed by atoms with Crippen LogP contribution in [0.2, 0.25) is 0 Å². The average Bonchev–Trinajstić information content (AvgIpc) is 2.55. The third-order valence-corrected chi connectivity index (χ3v) is 4.53. The minimum absolute atomic E-state index is 0.0463. The van der Waals surface area contributed by atoms with Crippen LogP contribution in [0.5, 0.6) is 0 Å². The number of nitro benzene ring substituents is 1. The van der Waals surface area contributed by atoms with Gasteiger partial charge in [0.25, 0.3) is 5.69 Å². The Hall–Kier alpha value is -1.94. The summed E-state index contributed by atoms with van der Waals surface area (Å²) in [6.07, 6.45) is 1.44. The van der Waals surface area contributed by atoms with Gasteiger partial charge in [-0.15, -0.1) is 5.10 Å². The van der Waals surface area contributed by atoms with E-state index in [-0.39, 0.29) is 5.69 Å². The fourth-order valence-corrected chi connectivity index (χ4v) is 2.81. The Kier molecular flexibility index (Phi) is 6.53. The third kappa shape index (κ3) is 5.64. The number of amidine groups is 1. The van der Waals surface area contributed by atoms with Crippen molar-refractivity contribution in [2.45, 2.75) is 5.75 Å². The van der Waals surface area contributed by atoms with Gasteiger partial charge >= 0.3 is 0 Å². The van der Waals surface area contributed by atoms with Crippen molar-refractivity contribution in [2.75, 3.05) is 0 Å². The molecule has 0 saturated heterocycles. The van der Waals surface area contributed by atoms with E-state index in [1.54, 1.807) is 12.1 Å². The molecule has 0 aliphatic rings. The lowest BCUT2D eigenvalue weighted by molar-refractivity contribution is -0.385. The molecule has 0 unspecified atom stereocenters. The summed E-state index contributed by atoms with van der Waals surface area (Å²) in [5.41, 5.74) is 7.57. The first kappa shape index (κ1) is 17.4. The normalized spacial score (nSPS) is 11.8. The second kappa shape index (κ2) is 8.63. The molecule has 0 atom stereocenters. The summed E-state index contributed by atoms with van der Waals surface area (Å²) < 4.78 is 0.575. The highest BCUT2D eigenvalue weighted by molar-refractivity contribution is 14.1. The second-order valence-corrected chi connectivity index (χ2v) is 6.58. The predicted octanol–water partition coefficient (Wildman–Crippen LogP) is 3.78. The summed E-state index contributed by atoms with van der Waals surface area (Å²) in [5.74, 6) is 0.709. The first-order valence-corrected chi connectivity index (χ1v) is 8.60. The molecule has 23 heavy (non-hydrogen) atoms. The van der Waals surface area contributed by atoms with E-state index in [1.807, 2.05) is 52.9 Å². The Bertz CT molecular complexity index is 750. The number of hydrogen-bond donors (Lipinski definition) is 1. The van der Waals surface area contributed by atoms with Crippen molar-refractivity contribution in [1.82, 2.24) is 0 Å². The maximum absolute atomic E-state index is 10.9. The summed E-state index contributed by atoms with van der Waals surface area (Å²) in [5, 5.41) is 19.0. The summed E-state index contributed by atoms with van der Waals surface area (Å²) in [6, 6.07) is 14.8. The van der Waals surface area contributed by atoms with Gasteiger partial charge in [-0.3, -0.25) is 10.1 Å². The molecule has 0 radical (unpaired) electrons. The summed E-state index contributed by atoms with van der Waals surface area (Å²) in [6.45, 7) is 0. The summed E-state index contributed by atoms with van der Waals surface area (Å²) >= 11 is 3.30. The number of nitrogens with zero attached hydrogens (tertiary/aromatic N) is 3. The average molecular weight is 440 g/mol. The largest absolute Gasteiger partial charge is 0.377 e. The molecule has 0 heterocycles. The van der Waals surface area contributed by atoms with Gasteiger partial charge in [-0.2, -0.15) is 5.10 Å². The molecule has 0 bridgehead atoms. The van der Waals surface area contributed by atoms with Crippen LogP contribution in [0.3, 0.4) is 0 Å². The summed E-state index contributed by atoms with van der Waals surface area (Å²) in [7, 11) is 0. The predicted molar refractivity (Wildman–Crippen MR) is 103 cm³/mol. The quantitative estimate of drug-likeness (QED) is 0.252. The molecule has 0 amide bonds. The fraction of sp³-hybridized carbons (Fsp3) is 0.0667. The fourth-order valence-electron chi connectivity index (χ4n) is 1.66. The maximum atomic E-state index is 10.9. The molecule has 8 heteroatoms. The number of nitro groups is 1. The molecule has 2 aromatic rings. The number of hydrogen-bond acceptors (Lipinski definition) is 5. The highest BCUT2D eigenvalue weighted by atomic mass is 127. The van der Waals surface area contributed by atoms with Crippen LogP contribution < -0.4 is 5.73 Å². The van der Waals surface area contributed by atoms with Gasteiger partial charge < -0.3 is 5.73 Å². The molecule has 2 aromatic carbocycles. The Morgan fingerprint density at radius 2 is 2.04 bits per heavy atom. The Morgan fingerprint density at radius 3 is 2.74 bits per heavy atom. The van der Waals surface area contributed by atoms with Crippen molar-refractivity contribution in [3.8, 4) is 0 Å². The zero-order valence-corrected chi connectivity index (χ0v) is 14.9. The second-order valence-electron chi connectivity index (χ2n) is 4.43. The zero-order chi connectivity index (χ0) is 16.7. The molecule has 0 aromatic heterocycles. The van der Waals surface area contributed by atoms with Crippen molar-refractivity contribution in [1.29, 1.82) is 0 Å². The molecule has 0 saturated carbocycles. The summed E-state index contributed by atoms with van der Waals surface area (Å²) in [4.78, 5) is 10.5. The molecule has 2 rings (SSSR count). The smallest absolute Gasteiger partial charge is 0.283 e. The minimum atomic E-state index is -0.424. The number of thioether (sulfide) groups is 1. The highest BCUT2D eigenvalue weighted by Crippen LogP contribution is 2.21. The van der Waals surface area contributed by atoms with E-state index in [0.717, 1.165) is 5.56 Å². The molecule has 0 aliphatic carbocycles. The van der Waals surface area contributed by atoms with E-state index >= 15 is 0 Å². The van der Waals surface area contributed by atoms with Crippen LogP contribution in [0, 0.1) is 13.7 Å². The topological polar surface area (TPSA) is 93.9 Å². The van der Waals surface area contributed by atoms with Gasteiger partial charge in [-0.25, -0.2) is 0 Å². The Balaban J connectivity index is 1.97. The minimum Gasteiger partial charge on any atom is -0.377 e. The Labute approximate surface area is 151 Å². The molecule has 0 aliphatic heterocycles. The zero-order valence-electron chi connectivity index (χ0n) is 11.9. The molecule has 2 N–H and O–H groups in total. The van der Waals surface area contributed by atoms with Crippen molar-refractivity contribution in [3.63, 3.8) is 0 Å². The van der Waals surface area contributed by atoms with Crippen LogP contribution in [-0.2, 0) is 5.75 Å². The molecular formula is C15H13IN4O2S. The van der Waals surface area contributed by atoms with E-state index < -0.39 is 4.92 Å². The van der Waals surface area contributed by atoms with Crippen LogP contribution in [0.25, 0.3) is 0 Å². The molecule has 6 nitrogen and oxygen atoms in total. The third-order valence-electron chi connectivity index (χ3n) is 2.76. The Morgan fingerprint density at radius 1 is 1.30 bits per heavy atom. The van der Waals surface area contributed by atoms with Crippen LogP contribution in [0.15, 0.2) is 58.7 Å². The van der Waals surface area contributed by atoms with Gasteiger partial charge in [0.2, 0.25) is 0 Å². The van der Waals surface area contributed by atoms with Gasteiger partial charge in [-0.1, -0.05) is 48.2 Å².